The van der Waals surface area contributed by atoms with Crippen molar-refractivity contribution in [2.45, 2.75) is 20.0 Å². The molecule has 0 saturated heterocycles. The Morgan fingerprint density at radius 1 is 1.10 bits per heavy atom. The van der Waals surface area contributed by atoms with E-state index in [2.05, 4.69) is 10.6 Å². The average molecular weight is 424 g/mol. The summed E-state index contributed by atoms with van der Waals surface area (Å²) in [5.41, 5.74) is 5.99. The van der Waals surface area contributed by atoms with E-state index in [4.69, 9.17) is 18.0 Å². The molecule has 2 aromatic rings. The second kappa shape index (κ2) is 9.13. The summed E-state index contributed by atoms with van der Waals surface area (Å²) in [5, 5.41) is 5.78. The molecule has 0 aliphatic heterocycles. The predicted molar refractivity (Wildman–Crippen MR) is 114 cm³/mol. The maximum absolute atomic E-state index is 13.3. The molecule has 0 heterocycles. The van der Waals surface area contributed by atoms with Crippen LogP contribution in [0, 0.1) is 5.92 Å². The van der Waals surface area contributed by atoms with E-state index < -0.39 is 17.6 Å². The number of carbonyl (C=O) groups is 1. The van der Waals surface area contributed by atoms with Gasteiger partial charge in [-0.1, -0.05) is 13.8 Å². The van der Waals surface area contributed by atoms with Gasteiger partial charge in [-0.05, 0) is 60.6 Å². The predicted octanol–water partition coefficient (Wildman–Crippen LogP) is 4.71. The molecule has 0 spiro atoms. The van der Waals surface area contributed by atoms with Crippen molar-refractivity contribution < 1.29 is 18.0 Å². The number of alkyl halides is 3. The maximum Gasteiger partial charge on any atom is 0.416 e. The van der Waals surface area contributed by atoms with Gasteiger partial charge in [0.25, 0.3) is 0 Å². The van der Waals surface area contributed by atoms with Gasteiger partial charge in [-0.2, -0.15) is 13.2 Å². The van der Waals surface area contributed by atoms with Gasteiger partial charge >= 0.3 is 6.18 Å². The van der Waals surface area contributed by atoms with Gasteiger partial charge < -0.3 is 21.3 Å². The molecule has 0 unspecified atom stereocenters. The summed E-state index contributed by atoms with van der Waals surface area (Å²) < 4.78 is 40.0. The van der Waals surface area contributed by atoms with Gasteiger partial charge in [0.2, 0.25) is 5.91 Å². The van der Waals surface area contributed by atoms with Crippen molar-refractivity contribution >= 4 is 40.3 Å². The molecule has 4 N–H and O–H groups in total. The molecule has 0 fully saturated rings. The lowest BCUT2D eigenvalue weighted by Gasteiger charge is -2.24. The Hall–Kier alpha value is -2.81. The Labute approximate surface area is 173 Å². The second-order valence-corrected chi connectivity index (χ2v) is 7.47. The minimum absolute atomic E-state index is 0.119. The highest BCUT2D eigenvalue weighted by Crippen LogP contribution is 2.34. The van der Waals surface area contributed by atoms with Crippen LogP contribution in [0.4, 0.5) is 30.2 Å². The van der Waals surface area contributed by atoms with Crippen LogP contribution < -0.4 is 21.3 Å². The molecule has 156 valence electrons. The quantitative estimate of drug-likeness (QED) is 0.586. The van der Waals surface area contributed by atoms with Crippen LogP contribution in [-0.4, -0.2) is 24.6 Å². The van der Waals surface area contributed by atoms with Crippen molar-refractivity contribution in [3.63, 3.8) is 0 Å². The number of nitrogens with one attached hydrogen (secondary N) is 2. The number of primary amides is 1. The minimum atomic E-state index is -4.48. The van der Waals surface area contributed by atoms with Gasteiger partial charge in [0.05, 0.1) is 5.56 Å². The molecule has 1 amide bonds. The van der Waals surface area contributed by atoms with E-state index in [1.165, 1.54) is 12.1 Å². The minimum Gasteiger partial charge on any atom is -0.374 e. The van der Waals surface area contributed by atoms with Crippen LogP contribution in [0.3, 0.4) is 0 Å². The van der Waals surface area contributed by atoms with Crippen LogP contribution in [0.25, 0.3) is 0 Å². The zero-order chi connectivity index (χ0) is 21.8. The molecule has 0 bridgehead atoms. The van der Waals surface area contributed by atoms with E-state index in [0.717, 1.165) is 12.1 Å². The molecular weight excluding hydrogens is 401 g/mol. The zero-order valence-corrected chi connectivity index (χ0v) is 17.1. The Balaban J connectivity index is 2.21. The van der Waals surface area contributed by atoms with Crippen LogP contribution in [0.1, 0.15) is 29.8 Å². The Bertz CT molecular complexity index is 882. The molecule has 0 aliphatic carbocycles. The molecule has 0 radical (unpaired) electrons. The standard InChI is InChI=1S/C20H23F3N4OS/c1-12(2)11-27(3)17-9-14(20(21,22)23)8-16(10-17)26-19(29)25-15-6-4-13(5-7-15)18(24)28/h4-10,12H,11H2,1-3H3,(H2,24,28)(H2,25,26,29). The third-order valence-electron chi connectivity index (χ3n) is 4.01. The Morgan fingerprint density at radius 2 is 1.69 bits per heavy atom. The van der Waals surface area contributed by atoms with Crippen molar-refractivity contribution in [1.29, 1.82) is 0 Å². The topological polar surface area (TPSA) is 70.4 Å². The number of nitrogens with zero attached hydrogens (tertiary/aromatic N) is 1. The first kappa shape index (κ1) is 22.5. The first-order chi connectivity index (χ1) is 13.5. The van der Waals surface area contributed by atoms with Gasteiger partial charge in [0.1, 0.15) is 0 Å². The third-order valence-corrected chi connectivity index (χ3v) is 4.21. The molecule has 2 aromatic carbocycles. The largest absolute Gasteiger partial charge is 0.416 e. The molecule has 0 saturated carbocycles. The number of nitrogens with two attached hydrogens (primary N) is 1. The lowest BCUT2D eigenvalue weighted by atomic mass is 10.1. The fraction of sp³-hybridized carbons (Fsp3) is 0.300. The van der Waals surface area contributed by atoms with Gasteiger partial charge in [-0.15, -0.1) is 0 Å². The molecule has 9 heteroatoms. The molecule has 2 rings (SSSR count). The molecule has 0 atom stereocenters. The lowest BCUT2D eigenvalue weighted by molar-refractivity contribution is -0.137. The van der Waals surface area contributed by atoms with Crippen LogP contribution in [-0.2, 0) is 6.18 Å². The lowest BCUT2D eigenvalue weighted by Crippen LogP contribution is -2.24. The summed E-state index contributed by atoms with van der Waals surface area (Å²) in [6.07, 6.45) is -4.48. The van der Waals surface area contributed by atoms with Crippen LogP contribution >= 0.6 is 12.2 Å². The monoisotopic (exact) mass is 424 g/mol. The fourth-order valence-corrected chi connectivity index (χ4v) is 2.97. The van der Waals surface area contributed by atoms with Crippen molar-refractivity contribution in [2.75, 3.05) is 29.1 Å². The number of anilines is 3. The van der Waals surface area contributed by atoms with Crippen molar-refractivity contribution in [3.8, 4) is 0 Å². The van der Waals surface area contributed by atoms with E-state index in [1.54, 1.807) is 30.1 Å². The van der Waals surface area contributed by atoms with E-state index in [1.807, 2.05) is 13.8 Å². The van der Waals surface area contributed by atoms with Gasteiger partial charge in [-0.3, -0.25) is 4.79 Å². The number of rotatable bonds is 6. The zero-order valence-electron chi connectivity index (χ0n) is 16.3. The normalized spacial score (nSPS) is 11.3. The SMILES string of the molecule is CC(C)CN(C)c1cc(NC(=S)Nc2ccc(C(N)=O)cc2)cc(C(F)(F)F)c1. The second-order valence-electron chi connectivity index (χ2n) is 7.06. The number of carbonyl (C=O) groups excluding carboxylic acids is 1. The third kappa shape index (κ3) is 6.63. The van der Waals surface area contributed by atoms with Gasteiger partial charge in [0.15, 0.2) is 5.11 Å². The number of amides is 1. The first-order valence-corrected chi connectivity index (χ1v) is 9.28. The number of thiocarbonyl (C=S) groups is 1. The van der Waals surface area contributed by atoms with Gasteiger partial charge in [-0.25, -0.2) is 0 Å². The summed E-state index contributed by atoms with van der Waals surface area (Å²) in [6, 6.07) is 9.99. The van der Waals surface area contributed by atoms with Crippen LogP contribution in [0.15, 0.2) is 42.5 Å². The number of benzene rings is 2. The average Bonchev–Trinajstić information content (AvgIpc) is 2.60. The molecule has 0 aromatic heterocycles. The highest BCUT2D eigenvalue weighted by atomic mass is 32.1. The smallest absolute Gasteiger partial charge is 0.374 e. The molecule has 0 aliphatic rings. The number of hydrogen-bond donors (Lipinski definition) is 3. The Kier molecular flexibility index (Phi) is 7.07. The summed E-state index contributed by atoms with van der Waals surface area (Å²) in [4.78, 5) is 12.9. The van der Waals surface area contributed by atoms with E-state index >= 15 is 0 Å². The fourth-order valence-electron chi connectivity index (χ4n) is 2.73. The van der Waals surface area contributed by atoms with E-state index in [9.17, 15) is 18.0 Å². The first-order valence-electron chi connectivity index (χ1n) is 8.87. The highest BCUT2D eigenvalue weighted by Gasteiger charge is 2.31. The maximum atomic E-state index is 13.3. The molecular formula is C20H23F3N4OS. The van der Waals surface area contributed by atoms with Crippen molar-refractivity contribution in [1.82, 2.24) is 0 Å². The van der Waals surface area contributed by atoms with E-state index in [0.29, 0.717) is 23.5 Å². The van der Waals surface area contributed by atoms with Gasteiger partial charge in [0, 0.05) is 36.2 Å². The highest BCUT2D eigenvalue weighted by molar-refractivity contribution is 7.80. The number of halogens is 3. The van der Waals surface area contributed by atoms with E-state index in [-0.39, 0.29) is 16.7 Å². The molecule has 29 heavy (non-hydrogen) atoms. The van der Waals surface area contributed by atoms with Crippen molar-refractivity contribution in [2.24, 2.45) is 11.7 Å². The summed E-state index contributed by atoms with van der Waals surface area (Å²) in [6.45, 7) is 4.59. The molecule has 5 nitrogen and oxygen atoms in total. The summed E-state index contributed by atoms with van der Waals surface area (Å²) in [7, 11) is 1.75. The van der Waals surface area contributed by atoms with Crippen LogP contribution in [0.2, 0.25) is 0 Å². The Morgan fingerprint density at radius 3 is 2.21 bits per heavy atom. The summed E-state index contributed by atoms with van der Waals surface area (Å²) in [5.74, 6) is -0.267. The number of hydrogen-bond acceptors (Lipinski definition) is 3. The summed E-state index contributed by atoms with van der Waals surface area (Å²) >= 11 is 5.21. The van der Waals surface area contributed by atoms with Crippen molar-refractivity contribution in [3.05, 3.63) is 53.6 Å². The van der Waals surface area contributed by atoms with Crippen LogP contribution in [0.5, 0.6) is 0 Å².